The fourth-order valence-corrected chi connectivity index (χ4v) is 2.62. The maximum atomic E-state index is 11.6. The average Bonchev–Trinajstić information content (AvgIpc) is 2.55. The van der Waals surface area contributed by atoms with Gasteiger partial charge in [0.2, 0.25) is 0 Å². The molecule has 1 amide bonds. The topological polar surface area (TPSA) is 116 Å². The molecule has 1 aromatic rings. The number of hydrogen-bond donors (Lipinski definition) is 3. The Labute approximate surface area is 153 Å². The van der Waals surface area contributed by atoms with Crippen LogP contribution in [0.5, 0.6) is 5.75 Å². The first-order chi connectivity index (χ1) is 12.0. The van der Waals surface area contributed by atoms with Gasteiger partial charge in [0.25, 0.3) is 5.91 Å². The Hall–Kier alpha value is -2.00. The number of rotatable bonds is 4. The first kappa shape index (κ1) is 22.0. The number of carboxylic acids is 1. The monoisotopic (exact) mass is 396 g/mol. The molecular weight excluding hydrogens is 377 g/mol. The third kappa shape index (κ3) is 7.49. The summed E-state index contributed by atoms with van der Waals surface area (Å²) in [5, 5.41) is 7.76. The van der Waals surface area contributed by atoms with E-state index in [9.17, 15) is 18.0 Å². The fraction of sp³-hybridized carbons (Fsp3) is 0.500. The molecule has 0 spiro atoms. The van der Waals surface area contributed by atoms with Crippen LogP contribution in [0.3, 0.4) is 0 Å². The molecule has 0 saturated heterocycles. The number of hydrogen-bond acceptors (Lipinski definition) is 4. The number of carbonyl (C=O) groups excluding carboxylic acids is 1. The van der Waals surface area contributed by atoms with Gasteiger partial charge in [-0.1, -0.05) is 11.6 Å². The van der Waals surface area contributed by atoms with E-state index in [4.69, 9.17) is 37.7 Å². The molecule has 5 N–H and O–H groups in total. The third-order valence-electron chi connectivity index (χ3n) is 3.84. The van der Waals surface area contributed by atoms with Crippen LogP contribution < -0.4 is 16.2 Å². The molecule has 1 aromatic carbocycles. The van der Waals surface area contributed by atoms with E-state index in [1.807, 2.05) is 0 Å². The van der Waals surface area contributed by atoms with Gasteiger partial charge in [0, 0.05) is 17.0 Å². The molecule has 1 unspecified atom stereocenters. The normalized spacial score (nSPS) is 21.1. The Bertz CT molecular complexity index is 603. The molecule has 1 aliphatic rings. The van der Waals surface area contributed by atoms with Crippen molar-refractivity contribution in [1.29, 1.82) is 0 Å². The predicted molar refractivity (Wildman–Crippen MR) is 88.7 cm³/mol. The van der Waals surface area contributed by atoms with Crippen molar-refractivity contribution in [3.63, 3.8) is 0 Å². The standard InChI is InChI=1S/C14H19ClN2O2.C2HF3O2/c15-10-3-7-12(8-4-10)19-13(14(17)18)9-1-5-11(16)6-2-9;3-2(4,5)1(6)7/h3-4,7-9,11,13H,1-2,5-6,16H2,(H2,17,18);(H,6,7). The van der Waals surface area contributed by atoms with Gasteiger partial charge in [0.05, 0.1) is 0 Å². The van der Waals surface area contributed by atoms with E-state index in [0.29, 0.717) is 10.8 Å². The lowest BCUT2D eigenvalue weighted by atomic mass is 9.82. The van der Waals surface area contributed by atoms with Crippen LogP contribution in [0.2, 0.25) is 5.02 Å². The van der Waals surface area contributed by atoms with Gasteiger partial charge in [-0.25, -0.2) is 4.79 Å². The van der Waals surface area contributed by atoms with Gasteiger partial charge in [-0.2, -0.15) is 13.2 Å². The van der Waals surface area contributed by atoms with Crippen molar-refractivity contribution in [2.75, 3.05) is 0 Å². The Kier molecular flexibility index (Phi) is 8.16. The van der Waals surface area contributed by atoms with E-state index >= 15 is 0 Å². The van der Waals surface area contributed by atoms with E-state index in [2.05, 4.69) is 0 Å². The molecule has 0 heterocycles. The first-order valence-electron chi connectivity index (χ1n) is 7.78. The molecule has 1 fully saturated rings. The van der Waals surface area contributed by atoms with E-state index in [-0.39, 0.29) is 12.0 Å². The number of benzene rings is 1. The summed E-state index contributed by atoms with van der Waals surface area (Å²) >= 11 is 5.81. The van der Waals surface area contributed by atoms with Crippen LogP contribution in [0.15, 0.2) is 24.3 Å². The summed E-state index contributed by atoms with van der Waals surface area (Å²) in [5.74, 6) is -2.42. The third-order valence-corrected chi connectivity index (χ3v) is 4.10. The maximum absolute atomic E-state index is 11.6. The van der Waals surface area contributed by atoms with Crippen LogP contribution in [0.1, 0.15) is 25.7 Å². The van der Waals surface area contributed by atoms with Crippen molar-refractivity contribution in [3.8, 4) is 5.75 Å². The molecule has 1 atom stereocenters. The van der Waals surface area contributed by atoms with Crippen molar-refractivity contribution in [2.24, 2.45) is 17.4 Å². The van der Waals surface area contributed by atoms with E-state index in [1.165, 1.54) is 0 Å². The summed E-state index contributed by atoms with van der Waals surface area (Å²) < 4.78 is 37.5. The molecule has 0 radical (unpaired) electrons. The Balaban J connectivity index is 0.000000412. The van der Waals surface area contributed by atoms with Gasteiger partial charge in [-0.15, -0.1) is 0 Å². The van der Waals surface area contributed by atoms with E-state index in [0.717, 1.165) is 25.7 Å². The smallest absolute Gasteiger partial charge is 0.480 e. The van der Waals surface area contributed by atoms with Crippen LogP contribution >= 0.6 is 11.6 Å². The van der Waals surface area contributed by atoms with Crippen LogP contribution in [0.4, 0.5) is 13.2 Å². The number of halogens is 4. The molecule has 1 saturated carbocycles. The SMILES string of the molecule is NC(=O)C(Oc1ccc(Cl)cc1)C1CCC(N)CC1.O=C(O)C(F)(F)F. The summed E-state index contributed by atoms with van der Waals surface area (Å²) in [6.45, 7) is 0. The lowest BCUT2D eigenvalue weighted by Gasteiger charge is -2.31. The van der Waals surface area contributed by atoms with Crippen LogP contribution in [-0.2, 0) is 9.59 Å². The number of amides is 1. The van der Waals surface area contributed by atoms with Crippen molar-refractivity contribution >= 4 is 23.5 Å². The molecule has 0 aliphatic heterocycles. The maximum Gasteiger partial charge on any atom is 0.490 e. The number of alkyl halides is 3. The second kappa shape index (κ2) is 9.63. The molecular formula is C16H20ClF3N2O4. The molecule has 0 aromatic heterocycles. The lowest BCUT2D eigenvalue weighted by Crippen LogP contribution is -2.43. The fourth-order valence-electron chi connectivity index (χ4n) is 2.49. The van der Waals surface area contributed by atoms with Gasteiger partial charge in [-0.3, -0.25) is 4.79 Å². The second-order valence-corrected chi connectivity index (χ2v) is 6.31. The average molecular weight is 397 g/mol. The molecule has 6 nitrogen and oxygen atoms in total. The predicted octanol–water partition coefficient (Wildman–Crippen LogP) is 2.72. The quantitative estimate of drug-likeness (QED) is 0.723. The molecule has 0 bridgehead atoms. The van der Waals surface area contributed by atoms with E-state index < -0.39 is 24.2 Å². The molecule has 10 heteroatoms. The lowest BCUT2D eigenvalue weighted by molar-refractivity contribution is -0.192. The zero-order valence-electron chi connectivity index (χ0n) is 13.7. The minimum Gasteiger partial charge on any atom is -0.480 e. The second-order valence-electron chi connectivity index (χ2n) is 5.87. The number of nitrogens with two attached hydrogens (primary N) is 2. The van der Waals surface area contributed by atoms with Crippen LogP contribution in [-0.4, -0.2) is 35.3 Å². The highest BCUT2D eigenvalue weighted by Crippen LogP contribution is 2.29. The van der Waals surface area contributed by atoms with Gasteiger partial charge < -0.3 is 21.3 Å². The Morgan fingerprint density at radius 1 is 1.15 bits per heavy atom. The number of carboxylic acid groups (broad SMARTS) is 1. The van der Waals surface area contributed by atoms with Gasteiger partial charge in [-0.05, 0) is 49.9 Å². The van der Waals surface area contributed by atoms with Crippen molar-refractivity contribution in [3.05, 3.63) is 29.3 Å². The van der Waals surface area contributed by atoms with Gasteiger partial charge >= 0.3 is 12.1 Å². The summed E-state index contributed by atoms with van der Waals surface area (Å²) in [7, 11) is 0. The molecule has 146 valence electrons. The molecule has 2 rings (SSSR count). The number of primary amides is 1. The zero-order valence-corrected chi connectivity index (χ0v) is 14.5. The minimum absolute atomic E-state index is 0.146. The summed E-state index contributed by atoms with van der Waals surface area (Å²) in [5.41, 5.74) is 11.3. The summed E-state index contributed by atoms with van der Waals surface area (Å²) in [4.78, 5) is 20.5. The molecule has 26 heavy (non-hydrogen) atoms. The largest absolute Gasteiger partial charge is 0.490 e. The van der Waals surface area contributed by atoms with E-state index in [1.54, 1.807) is 24.3 Å². The Morgan fingerprint density at radius 2 is 1.62 bits per heavy atom. The van der Waals surface area contributed by atoms with Gasteiger partial charge in [0.1, 0.15) is 5.75 Å². The highest BCUT2D eigenvalue weighted by atomic mass is 35.5. The van der Waals surface area contributed by atoms with Crippen molar-refractivity contribution in [1.82, 2.24) is 0 Å². The first-order valence-corrected chi connectivity index (χ1v) is 8.15. The number of aliphatic carboxylic acids is 1. The summed E-state index contributed by atoms with van der Waals surface area (Å²) in [6, 6.07) is 7.18. The van der Waals surface area contributed by atoms with Crippen molar-refractivity contribution < 1.29 is 32.6 Å². The highest BCUT2D eigenvalue weighted by molar-refractivity contribution is 6.30. The Morgan fingerprint density at radius 3 is 2.00 bits per heavy atom. The van der Waals surface area contributed by atoms with Crippen LogP contribution in [0.25, 0.3) is 0 Å². The van der Waals surface area contributed by atoms with Crippen LogP contribution in [0, 0.1) is 5.92 Å². The number of ether oxygens (including phenoxy) is 1. The zero-order chi connectivity index (χ0) is 19.9. The highest BCUT2D eigenvalue weighted by Gasteiger charge is 2.38. The summed E-state index contributed by atoms with van der Waals surface area (Å²) in [6.07, 6.45) is -2.09. The van der Waals surface area contributed by atoms with Gasteiger partial charge in [0.15, 0.2) is 6.10 Å². The minimum atomic E-state index is -5.08. The van der Waals surface area contributed by atoms with Crippen molar-refractivity contribution in [2.45, 2.75) is 44.0 Å². The number of carbonyl (C=O) groups is 2. The molecule has 1 aliphatic carbocycles.